The Morgan fingerprint density at radius 1 is 1.29 bits per heavy atom. The Labute approximate surface area is 119 Å². The molecule has 5 nitrogen and oxygen atoms in total. The van der Waals surface area contributed by atoms with Crippen LogP contribution >= 0.6 is 0 Å². The van der Waals surface area contributed by atoms with Crippen molar-refractivity contribution >= 4 is 11.5 Å². The fourth-order valence-corrected chi connectivity index (χ4v) is 1.93. The number of nitro groups is 1. The number of aryl methyl sites for hydroxylation is 1. The first kappa shape index (κ1) is 14.6. The van der Waals surface area contributed by atoms with Crippen LogP contribution < -0.4 is 0 Å². The van der Waals surface area contributed by atoms with Crippen molar-refractivity contribution in [3.8, 4) is 5.75 Å². The zero-order valence-corrected chi connectivity index (χ0v) is 11.2. The molecule has 2 aromatic rings. The van der Waals surface area contributed by atoms with Gasteiger partial charge in [0.1, 0.15) is 11.6 Å². The number of carbonyl (C=O) groups is 1. The first-order valence-corrected chi connectivity index (χ1v) is 6.14. The van der Waals surface area contributed by atoms with Crippen molar-refractivity contribution in [2.24, 2.45) is 0 Å². The molecule has 0 radical (unpaired) electrons. The quantitative estimate of drug-likeness (QED) is 0.532. The third-order valence-electron chi connectivity index (χ3n) is 3.05. The average Bonchev–Trinajstić information content (AvgIpc) is 2.43. The Morgan fingerprint density at radius 2 is 2.00 bits per heavy atom. The van der Waals surface area contributed by atoms with Gasteiger partial charge < -0.3 is 5.11 Å². The number of aromatic hydroxyl groups is 1. The molecule has 0 heterocycles. The van der Waals surface area contributed by atoms with Crippen LogP contribution in [0.4, 0.5) is 10.1 Å². The summed E-state index contributed by atoms with van der Waals surface area (Å²) in [5, 5.41) is 20.2. The summed E-state index contributed by atoms with van der Waals surface area (Å²) >= 11 is 0. The van der Waals surface area contributed by atoms with Crippen LogP contribution in [0.5, 0.6) is 5.75 Å². The SMILES string of the molecule is Cc1ccc(O)c(C(=O)Cc2ccc([N+](=O)[O-])cc2F)c1. The summed E-state index contributed by atoms with van der Waals surface area (Å²) in [6.45, 7) is 1.77. The molecule has 0 aromatic heterocycles. The maximum absolute atomic E-state index is 13.7. The molecule has 6 heteroatoms. The van der Waals surface area contributed by atoms with Crippen LogP contribution in [0.2, 0.25) is 0 Å². The lowest BCUT2D eigenvalue weighted by atomic mass is 10.00. The van der Waals surface area contributed by atoms with Gasteiger partial charge in [0.05, 0.1) is 16.6 Å². The molecule has 108 valence electrons. The van der Waals surface area contributed by atoms with E-state index in [0.29, 0.717) is 0 Å². The van der Waals surface area contributed by atoms with E-state index in [1.807, 2.05) is 0 Å². The molecule has 1 N–H and O–H groups in total. The summed E-state index contributed by atoms with van der Waals surface area (Å²) in [5.41, 5.74) is 0.571. The molecule has 0 amide bonds. The topological polar surface area (TPSA) is 80.4 Å². The van der Waals surface area contributed by atoms with Gasteiger partial charge in [0.25, 0.3) is 5.69 Å². The maximum atomic E-state index is 13.7. The van der Waals surface area contributed by atoms with Gasteiger partial charge in [0.2, 0.25) is 0 Å². The highest BCUT2D eigenvalue weighted by Gasteiger charge is 2.16. The predicted octanol–water partition coefficient (Wildman–Crippen LogP) is 3.17. The number of nitro benzene ring substituents is 1. The Hall–Kier alpha value is -2.76. The van der Waals surface area contributed by atoms with Gasteiger partial charge >= 0.3 is 0 Å². The first-order chi connectivity index (χ1) is 9.88. The Balaban J connectivity index is 2.27. The third-order valence-corrected chi connectivity index (χ3v) is 3.05. The number of nitrogens with zero attached hydrogens (tertiary/aromatic N) is 1. The summed E-state index contributed by atoms with van der Waals surface area (Å²) < 4.78 is 13.7. The largest absolute Gasteiger partial charge is 0.507 e. The Bertz CT molecular complexity index is 728. The summed E-state index contributed by atoms with van der Waals surface area (Å²) in [6, 6.07) is 7.69. The number of benzene rings is 2. The predicted molar refractivity (Wildman–Crippen MR) is 73.9 cm³/mol. The molecule has 0 unspecified atom stereocenters. The van der Waals surface area contributed by atoms with Crippen LogP contribution in [-0.2, 0) is 6.42 Å². The second-order valence-electron chi connectivity index (χ2n) is 4.65. The van der Waals surface area contributed by atoms with Crippen LogP contribution in [0, 0.1) is 22.9 Å². The molecule has 0 saturated heterocycles. The fourth-order valence-electron chi connectivity index (χ4n) is 1.93. The smallest absolute Gasteiger partial charge is 0.272 e. The molecule has 21 heavy (non-hydrogen) atoms. The van der Waals surface area contributed by atoms with Gasteiger partial charge in [-0.05, 0) is 30.7 Å². The number of phenolic OH excluding ortho intramolecular Hbond substituents is 1. The molecular formula is C15H12FNO4. The summed E-state index contributed by atoms with van der Waals surface area (Å²) in [7, 11) is 0. The molecular weight excluding hydrogens is 277 g/mol. The van der Waals surface area contributed by atoms with E-state index in [1.54, 1.807) is 13.0 Å². The summed E-state index contributed by atoms with van der Waals surface area (Å²) in [4.78, 5) is 21.9. The molecule has 2 aromatic carbocycles. The van der Waals surface area contributed by atoms with E-state index >= 15 is 0 Å². The minimum Gasteiger partial charge on any atom is -0.507 e. The van der Waals surface area contributed by atoms with Gasteiger partial charge in [-0.3, -0.25) is 14.9 Å². The fraction of sp³-hybridized carbons (Fsp3) is 0.133. The van der Waals surface area contributed by atoms with Crippen LogP contribution in [0.15, 0.2) is 36.4 Å². The van der Waals surface area contributed by atoms with Crippen molar-refractivity contribution in [3.63, 3.8) is 0 Å². The van der Waals surface area contributed by atoms with E-state index in [9.17, 15) is 24.4 Å². The Morgan fingerprint density at radius 3 is 2.62 bits per heavy atom. The van der Waals surface area contributed by atoms with Gasteiger partial charge in [-0.15, -0.1) is 0 Å². The number of Topliss-reactive ketones (excluding diaryl/α,β-unsaturated/α-hetero) is 1. The highest BCUT2D eigenvalue weighted by atomic mass is 19.1. The molecule has 2 rings (SSSR count). The van der Waals surface area contributed by atoms with Crippen molar-refractivity contribution in [2.75, 3.05) is 0 Å². The van der Waals surface area contributed by atoms with Crippen molar-refractivity contribution in [1.29, 1.82) is 0 Å². The van der Waals surface area contributed by atoms with E-state index in [0.717, 1.165) is 17.7 Å². The minimum absolute atomic E-state index is 0.0477. The Kier molecular flexibility index (Phi) is 3.98. The van der Waals surface area contributed by atoms with Gasteiger partial charge in [-0.25, -0.2) is 4.39 Å². The summed E-state index contributed by atoms with van der Waals surface area (Å²) in [6.07, 6.45) is -0.277. The zero-order chi connectivity index (χ0) is 15.6. The monoisotopic (exact) mass is 289 g/mol. The zero-order valence-electron chi connectivity index (χ0n) is 11.2. The van der Waals surface area contributed by atoms with E-state index in [1.165, 1.54) is 18.2 Å². The van der Waals surface area contributed by atoms with Crippen molar-refractivity contribution in [1.82, 2.24) is 0 Å². The van der Waals surface area contributed by atoms with Crippen LogP contribution in [0.3, 0.4) is 0 Å². The number of halogens is 1. The van der Waals surface area contributed by atoms with Crippen molar-refractivity contribution in [3.05, 3.63) is 69.0 Å². The third kappa shape index (κ3) is 3.22. The number of hydrogen-bond acceptors (Lipinski definition) is 4. The number of hydrogen-bond donors (Lipinski definition) is 1. The van der Waals surface area contributed by atoms with Crippen molar-refractivity contribution in [2.45, 2.75) is 13.3 Å². The van der Waals surface area contributed by atoms with Crippen molar-refractivity contribution < 1.29 is 19.2 Å². The number of ketones is 1. The van der Waals surface area contributed by atoms with E-state index < -0.39 is 16.5 Å². The molecule has 0 aliphatic carbocycles. The molecule has 0 atom stereocenters. The molecule has 0 aliphatic rings. The highest BCUT2D eigenvalue weighted by molar-refractivity contribution is 6.00. The standard InChI is InChI=1S/C15H12FNO4/c1-9-2-5-14(18)12(6-9)15(19)7-10-3-4-11(17(20)21)8-13(10)16/h2-6,8,18H,7H2,1H3. The molecule has 0 fully saturated rings. The number of non-ortho nitro benzene ring substituents is 1. The van der Waals surface area contributed by atoms with E-state index in [4.69, 9.17) is 0 Å². The van der Waals surface area contributed by atoms with Crippen LogP contribution in [-0.4, -0.2) is 15.8 Å². The second-order valence-corrected chi connectivity index (χ2v) is 4.65. The minimum atomic E-state index is -0.815. The number of carbonyl (C=O) groups excluding carboxylic acids is 1. The molecule has 0 aliphatic heterocycles. The summed E-state index contributed by atoms with van der Waals surface area (Å²) in [5.74, 6) is -1.44. The highest BCUT2D eigenvalue weighted by Crippen LogP contribution is 2.22. The van der Waals surface area contributed by atoms with E-state index in [-0.39, 0.29) is 29.0 Å². The number of rotatable bonds is 4. The van der Waals surface area contributed by atoms with Gasteiger partial charge in [0, 0.05) is 12.5 Å². The first-order valence-electron chi connectivity index (χ1n) is 6.14. The maximum Gasteiger partial charge on any atom is 0.272 e. The molecule has 0 bridgehead atoms. The lowest BCUT2D eigenvalue weighted by Gasteiger charge is -2.06. The normalized spacial score (nSPS) is 10.4. The van der Waals surface area contributed by atoms with Gasteiger partial charge in [-0.2, -0.15) is 0 Å². The van der Waals surface area contributed by atoms with E-state index in [2.05, 4.69) is 0 Å². The van der Waals surface area contributed by atoms with Crippen LogP contribution in [0.25, 0.3) is 0 Å². The van der Waals surface area contributed by atoms with Crippen LogP contribution in [0.1, 0.15) is 21.5 Å². The lowest BCUT2D eigenvalue weighted by molar-refractivity contribution is -0.385. The van der Waals surface area contributed by atoms with Gasteiger partial charge in [0.15, 0.2) is 5.78 Å². The number of phenols is 1. The lowest BCUT2D eigenvalue weighted by Crippen LogP contribution is -2.06. The second kappa shape index (κ2) is 5.70. The average molecular weight is 289 g/mol. The van der Waals surface area contributed by atoms with Gasteiger partial charge in [-0.1, -0.05) is 11.6 Å². The molecule has 0 saturated carbocycles. The molecule has 0 spiro atoms.